The third kappa shape index (κ3) is 2.10. The van der Waals surface area contributed by atoms with E-state index >= 15 is 0 Å². The predicted molar refractivity (Wildman–Crippen MR) is 55.0 cm³/mol. The average Bonchev–Trinajstić information content (AvgIpc) is 2.15. The highest BCUT2D eigenvalue weighted by Crippen LogP contribution is 2.29. The van der Waals surface area contributed by atoms with Gasteiger partial charge in [0.1, 0.15) is 12.2 Å². The predicted octanol–water partition coefficient (Wildman–Crippen LogP) is 2.40. The van der Waals surface area contributed by atoms with Gasteiger partial charge in [0.2, 0.25) is 0 Å². The molecule has 1 unspecified atom stereocenters. The molecule has 0 aromatic heterocycles. The highest BCUT2D eigenvalue weighted by atomic mass is 16.6. The van der Waals surface area contributed by atoms with Gasteiger partial charge in [-0.3, -0.25) is 0 Å². The molecule has 3 nitrogen and oxygen atoms in total. The third-order valence-electron chi connectivity index (χ3n) is 2.63. The van der Waals surface area contributed by atoms with Crippen LogP contribution in [0, 0.1) is 5.92 Å². The zero-order chi connectivity index (χ0) is 10.7. The molecule has 0 amide bonds. The fraction of sp³-hybridized carbons (Fsp3) is 0.636. The van der Waals surface area contributed by atoms with E-state index < -0.39 is 0 Å². The second-order valence-electron chi connectivity index (χ2n) is 3.79. The molecule has 0 aromatic carbocycles. The lowest BCUT2D eigenvalue weighted by Gasteiger charge is -2.33. The molecule has 1 rings (SSSR count). The van der Waals surface area contributed by atoms with E-state index in [-0.39, 0.29) is 18.2 Å². The number of ether oxygens (including phenoxy) is 2. The van der Waals surface area contributed by atoms with Gasteiger partial charge in [-0.1, -0.05) is 13.0 Å². The van der Waals surface area contributed by atoms with E-state index in [2.05, 4.69) is 13.5 Å². The van der Waals surface area contributed by atoms with Crippen LogP contribution in [-0.4, -0.2) is 24.4 Å². The average molecular weight is 198 g/mol. The molecular formula is C11H18O3. The molecule has 3 heteroatoms. The molecule has 80 valence electrons. The first-order valence-electron chi connectivity index (χ1n) is 4.80. The summed E-state index contributed by atoms with van der Waals surface area (Å²) in [5.74, 6) is 0.367. The second kappa shape index (κ2) is 4.51. The SMILES string of the molecule is C=C[C@H](OC)C1OC(O)=C(C)C[C@H]1C. The van der Waals surface area contributed by atoms with Crippen LogP contribution in [0.15, 0.2) is 24.2 Å². The van der Waals surface area contributed by atoms with Crippen molar-refractivity contribution in [1.82, 2.24) is 0 Å². The molecule has 0 bridgehead atoms. The first kappa shape index (κ1) is 11.1. The molecule has 14 heavy (non-hydrogen) atoms. The number of aliphatic hydroxyl groups is 1. The van der Waals surface area contributed by atoms with Crippen molar-refractivity contribution in [1.29, 1.82) is 0 Å². The number of hydrogen-bond donors (Lipinski definition) is 1. The maximum absolute atomic E-state index is 9.47. The first-order valence-corrected chi connectivity index (χ1v) is 4.80. The van der Waals surface area contributed by atoms with Gasteiger partial charge < -0.3 is 14.6 Å². The summed E-state index contributed by atoms with van der Waals surface area (Å²) in [6.45, 7) is 7.64. The van der Waals surface area contributed by atoms with E-state index in [1.54, 1.807) is 13.2 Å². The van der Waals surface area contributed by atoms with Crippen molar-refractivity contribution in [3.63, 3.8) is 0 Å². The number of hydrogen-bond acceptors (Lipinski definition) is 3. The number of rotatable bonds is 3. The topological polar surface area (TPSA) is 38.7 Å². The van der Waals surface area contributed by atoms with Gasteiger partial charge >= 0.3 is 0 Å². The molecule has 0 aliphatic carbocycles. The van der Waals surface area contributed by atoms with Gasteiger partial charge in [-0.2, -0.15) is 0 Å². The fourth-order valence-corrected chi connectivity index (χ4v) is 1.79. The quantitative estimate of drug-likeness (QED) is 0.708. The Kier molecular flexibility index (Phi) is 3.58. The van der Waals surface area contributed by atoms with Gasteiger partial charge in [-0.05, 0) is 13.3 Å². The molecule has 1 N–H and O–H groups in total. The van der Waals surface area contributed by atoms with E-state index in [0.29, 0.717) is 5.92 Å². The zero-order valence-corrected chi connectivity index (χ0v) is 8.99. The summed E-state index contributed by atoms with van der Waals surface area (Å²) in [7, 11) is 1.62. The van der Waals surface area contributed by atoms with Crippen molar-refractivity contribution in [3.05, 3.63) is 24.2 Å². The Balaban J connectivity index is 2.77. The minimum Gasteiger partial charge on any atom is -0.481 e. The molecule has 0 saturated carbocycles. The second-order valence-corrected chi connectivity index (χ2v) is 3.79. The summed E-state index contributed by atoms with van der Waals surface area (Å²) in [6.07, 6.45) is 2.24. The molecule has 0 saturated heterocycles. The Labute approximate surface area is 85.0 Å². The Morgan fingerprint density at radius 2 is 2.36 bits per heavy atom. The van der Waals surface area contributed by atoms with Crippen LogP contribution < -0.4 is 0 Å². The van der Waals surface area contributed by atoms with E-state index in [4.69, 9.17) is 9.47 Å². The van der Waals surface area contributed by atoms with Gasteiger partial charge in [0, 0.05) is 18.6 Å². The van der Waals surface area contributed by atoms with Gasteiger partial charge in [0.25, 0.3) is 5.95 Å². The van der Waals surface area contributed by atoms with Crippen molar-refractivity contribution in [2.24, 2.45) is 5.92 Å². The van der Waals surface area contributed by atoms with Crippen LogP contribution in [0.1, 0.15) is 20.3 Å². The molecule has 0 spiro atoms. The lowest BCUT2D eigenvalue weighted by atomic mass is 9.91. The molecular weight excluding hydrogens is 180 g/mol. The smallest absolute Gasteiger partial charge is 0.275 e. The van der Waals surface area contributed by atoms with Crippen LogP contribution in [0.25, 0.3) is 0 Å². The van der Waals surface area contributed by atoms with Crippen LogP contribution in [-0.2, 0) is 9.47 Å². The summed E-state index contributed by atoms with van der Waals surface area (Å²) in [6, 6.07) is 0. The molecule has 0 fully saturated rings. The van der Waals surface area contributed by atoms with E-state index in [9.17, 15) is 5.11 Å². The first-order chi connectivity index (χ1) is 6.60. The Bertz CT molecular complexity index is 245. The van der Waals surface area contributed by atoms with Crippen LogP contribution in [0.2, 0.25) is 0 Å². The van der Waals surface area contributed by atoms with Crippen LogP contribution in [0.3, 0.4) is 0 Å². The van der Waals surface area contributed by atoms with Crippen LogP contribution in [0.4, 0.5) is 0 Å². The maximum atomic E-state index is 9.47. The molecule has 0 radical (unpaired) electrons. The maximum Gasteiger partial charge on any atom is 0.275 e. The van der Waals surface area contributed by atoms with Crippen molar-refractivity contribution < 1.29 is 14.6 Å². The van der Waals surface area contributed by atoms with Gasteiger partial charge in [-0.15, -0.1) is 6.58 Å². The number of methoxy groups -OCH3 is 1. The Hall–Kier alpha value is -0.960. The molecule has 1 aliphatic rings. The van der Waals surface area contributed by atoms with Gasteiger partial charge in [0.05, 0.1) is 0 Å². The lowest BCUT2D eigenvalue weighted by Crippen LogP contribution is -2.37. The van der Waals surface area contributed by atoms with Crippen molar-refractivity contribution in [2.75, 3.05) is 7.11 Å². The minimum atomic E-state index is -0.166. The normalized spacial score (nSPS) is 29.6. The van der Waals surface area contributed by atoms with Crippen molar-refractivity contribution in [3.8, 4) is 0 Å². The third-order valence-corrected chi connectivity index (χ3v) is 2.63. The summed E-state index contributed by atoms with van der Waals surface area (Å²) < 4.78 is 10.6. The van der Waals surface area contributed by atoms with E-state index in [0.717, 1.165) is 12.0 Å². The molecule has 1 aliphatic heterocycles. The molecule has 1 heterocycles. The highest BCUT2D eigenvalue weighted by Gasteiger charge is 2.32. The standard InChI is InChI=1S/C11H18O3/c1-5-9(13-4)10-7(2)6-8(3)11(12)14-10/h5,7,9-10,12H,1,6H2,2-4H3/t7-,9+,10?/m1/s1. The van der Waals surface area contributed by atoms with E-state index in [1.807, 2.05) is 6.92 Å². The Morgan fingerprint density at radius 1 is 1.71 bits per heavy atom. The van der Waals surface area contributed by atoms with Crippen LogP contribution >= 0.6 is 0 Å². The summed E-state index contributed by atoms with van der Waals surface area (Å²) >= 11 is 0. The highest BCUT2D eigenvalue weighted by molar-refractivity contribution is 5.07. The zero-order valence-electron chi connectivity index (χ0n) is 8.99. The minimum absolute atomic E-state index is 0.0389. The van der Waals surface area contributed by atoms with Gasteiger partial charge in [0.15, 0.2) is 0 Å². The van der Waals surface area contributed by atoms with Crippen molar-refractivity contribution in [2.45, 2.75) is 32.5 Å². The van der Waals surface area contributed by atoms with E-state index in [1.165, 1.54) is 0 Å². The summed E-state index contributed by atoms with van der Waals surface area (Å²) in [5.41, 5.74) is 0.896. The Morgan fingerprint density at radius 3 is 2.86 bits per heavy atom. The molecule has 0 aromatic rings. The monoisotopic (exact) mass is 198 g/mol. The summed E-state index contributed by atoms with van der Waals surface area (Å²) in [4.78, 5) is 0. The van der Waals surface area contributed by atoms with Gasteiger partial charge in [-0.25, -0.2) is 0 Å². The lowest BCUT2D eigenvalue weighted by molar-refractivity contribution is -0.0784. The summed E-state index contributed by atoms with van der Waals surface area (Å²) in [5, 5.41) is 9.47. The number of aliphatic hydroxyl groups excluding tert-OH is 1. The number of allylic oxidation sites excluding steroid dienone is 1. The van der Waals surface area contributed by atoms with Crippen LogP contribution in [0.5, 0.6) is 0 Å². The van der Waals surface area contributed by atoms with Crippen molar-refractivity contribution >= 4 is 0 Å². The fourth-order valence-electron chi connectivity index (χ4n) is 1.79. The molecule has 3 atom stereocenters. The largest absolute Gasteiger partial charge is 0.481 e.